The molecule has 166 valence electrons. The van der Waals surface area contributed by atoms with Crippen LogP contribution in [-0.4, -0.2) is 36.6 Å². The minimum Gasteiger partial charge on any atom is -0.309 e. The van der Waals surface area contributed by atoms with Crippen LogP contribution in [0, 0.1) is 17.7 Å². The molecular weight excluding hydrogens is 440 g/mol. The minimum atomic E-state index is -3.48. The molecule has 1 atom stereocenters. The fraction of sp³-hybridized carbons (Fsp3) is 0.476. The summed E-state index contributed by atoms with van der Waals surface area (Å²) in [5.74, 6) is -0.239. The number of carbonyl (C=O) groups is 1. The van der Waals surface area contributed by atoms with Gasteiger partial charge in [-0.2, -0.15) is 4.91 Å². The van der Waals surface area contributed by atoms with Gasteiger partial charge in [0.1, 0.15) is 0 Å². The van der Waals surface area contributed by atoms with Crippen LogP contribution >= 0.6 is 11.6 Å². The Kier molecular flexibility index (Phi) is 7.38. The predicted molar refractivity (Wildman–Crippen MR) is 119 cm³/mol. The third-order valence-electron chi connectivity index (χ3n) is 5.64. The van der Waals surface area contributed by atoms with Gasteiger partial charge >= 0.3 is 0 Å². The lowest BCUT2D eigenvalue weighted by Gasteiger charge is -2.28. The smallest absolute Gasteiger partial charge is 0.233 e. The summed E-state index contributed by atoms with van der Waals surface area (Å²) in [6.07, 6.45) is 7.72. The molecule has 10 heteroatoms. The molecule has 0 bridgehead atoms. The van der Waals surface area contributed by atoms with Gasteiger partial charge < -0.3 is 5.32 Å². The number of nitrogens with zero attached hydrogens (tertiary/aromatic N) is 3. The van der Waals surface area contributed by atoms with Crippen molar-refractivity contribution >= 4 is 33.2 Å². The van der Waals surface area contributed by atoms with Crippen LogP contribution in [0.25, 0.3) is 0 Å². The van der Waals surface area contributed by atoms with Crippen molar-refractivity contribution in [3.63, 3.8) is 0 Å². The van der Waals surface area contributed by atoms with Crippen LogP contribution in [-0.2, 0) is 14.6 Å². The summed E-state index contributed by atoms with van der Waals surface area (Å²) in [7, 11) is -3.48. The van der Waals surface area contributed by atoms with Crippen LogP contribution in [0.4, 0.5) is 5.82 Å². The Labute approximate surface area is 186 Å². The lowest BCUT2D eigenvalue weighted by atomic mass is 9.79. The van der Waals surface area contributed by atoms with Gasteiger partial charge in [0.2, 0.25) is 5.91 Å². The van der Waals surface area contributed by atoms with Crippen LogP contribution in [0.15, 0.2) is 40.7 Å². The summed E-state index contributed by atoms with van der Waals surface area (Å²) >= 11 is 6.24. The van der Waals surface area contributed by atoms with E-state index in [1.54, 1.807) is 25.3 Å². The predicted octanol–water partition coefficient (Wildman–Crippen LogP) is 4.28. The fourth-order valence-corrected chi connectivity index (χ4v) is 5.26. The number of hydrogen-bond acceptors (Lipinski definition) is 7. The maximum Gasteiger partial charge on any atom is 0.233 e. The van der Waals surface area contributed by atoms with E-state index < -0.39 is 15.8 Å². The standard InChI is InChI=1S/C21H25ClN4O4S/c1-13-11-24-20(12-23-13)25-21(27)17(9-14-3-6-16(26-28)7-4-14)15-5-8-19(18(22)10-15)31(2,29)30/h5,8,10-12,14,16-17H,3-4,6-7,9H2,1-2H3,(H,24,25,27). The van der Waals surface area contributed by atoms with Gasteiger partial charge in [-0.25, -0.2) is 13.4 Å². The zero-order valence-electron chi connectivity index (χ0n) is 17.4. The molecule has 1 unspecified atom stereocenters. The molecule has 2 aromatic rings. The van der Waals surface area contributed by atoms with Gasteiger partial charge in [0.15, 0.2) is 15.7 Å². The number of anilines is 1. The molecule has 1 aliphatic rings. The number of nitroso groups, excluding NO2 is 1. The van der Waals surface area contributed by atoms with E-state index in [-0.39, 0.29) is 27.8 Å². The first-order valence-electron chi connectivity index (χ1n) is 10.1. The Balaban J connectivity index is 1.86. The molecule has 1 aromatic carbocycles. The summed E-state index contributed by atoms with van der Waals surface area (Å²) in [6, 6.07) is 4.45. The van der Waals surface area contributed by atoms with E-state index in [9.17, 15) is 18.1 Å². The largest absolute Gasteiger partial charge is 0.309 e. The van der Waals surface area contributed by atoms with Crippen LogP contribution < -0.4 is 5.32 Å². The maximum atomic E-state index is 13.2. The molecule has 1 N–H and O–H groups in total. The molecule has 1 fully saturated rings. The van der Waals surface area contributed by atoms with Crippen molar-refractivity contribution in [3.8, 4) is 0 Å². The number of sulfone groups is 1. The van der Waals surface area contributed by atoms with Crippen LogP contribution in [0.5, 0.6) is 0 Å². The van der Waals surface area contributed by atoms with Crippen molar-refractivity contribution in [3.05, 3.63) is 51.8 Å². The van der Waals surface area contributed by atoms with E-state index in [1.807, 2.05) is 0 Å². The van der Waals surface area contributed by atoms with Crippen molar-refractivity contribution in [1.82, 2.24) is 9.97 Å². The normalized spacial score (nSPS) is 20.1. The second-order valence-electron chi connectivity index (χ2n) is 8.06. The molecule has 0 aliphatic heterocycles. The van der Waals surface area contributed by atoms with E-state index >= 15 is 0 Å². The van der Waals surface area contributed by atoms with Crippen LogP contribution in [0.1, 0.15) is 49.3 Å². The molecule has 1 saturated carbocycles. The lowest BCUT2D eigenvalue weighted by Crippen LogP contribution is -2.26. The van der Waals surface area contributed by atoms with Crippen molar-refractivity contribution in [2.75, 3.05) is 11.6 Å². The second-order valence-corrected chi connectivity index (χ2v) is 10.5. The van der Waals surface area contributed by atoms with Gasteiger partial charge in [-0.15, -0.1) is 0 Å². The summed E-state index contributed by atoms with van der Waals surface area (Å²) in [5.41, 5.74) is 1.36. The average molecular weight is 465 g/mol. The molecule has 31 heavy (non-hydrogen) atoms. The number of amides is 1. The number of halogens is 1. The van der Waals surface area contributed by atoms with E-state index in [0.717, 1.165) is 24.8 Å². The number of aromatic nitrogens is 2. The Morgan fingerprint density at radius 3 is 2.48 bits per heavy atom. The third-order valence-corrected chi connectivity index (χ3v) is 7.22. The number of nitrogens with one attached hydrogen (secondary N) is 1. The zero-order chi connectivity index (χ0) is 22.6. The monoisotopic (exact) mass is 464 g/mol. The van der Waals surface area contributed by atoms with Crippen molar-refractivity contribution in [2.45, 2.75) is 55.9 Å². The topological polar surface area (TPSA) is 118 Å². The fourth-order valence-electron chi connectivity index (χ4n) is 3.92. The summed E-state index contributed by atoms with van der Waals surface area (Å²) in [5, 5.41) is 6.03. The molecule has 1 heterocycles. The van der Waals surface area contributed by atoms with E-state index in [4.69, 9.17) is 11.6 Å². The van der Waals surface area contributed by atoms with Gasteiger partial charge in [0.05, 0.1) is 40.0 Å². The Morgan fingerprint density at radius 1 is 1.23 bits per heavy atom. The summed E-state index contributed by atoms with van der Waals surface area (Å²) in [4.78, 5) is 32.3. The van der Waals surface area contributed by atoms with Crippen molar-refractivity contribution in [1.29, 1.82) is 0 Å². The highest BCUT2D eigenvalue weighted by atomic mass is 35.5. The molecule has 0 spiro atoms. The number of benzene rings is 1. The third kappa shape index (κ3) is 6.07. The molecular formula is C21H25ClN4O4S. The number of carbonyl (C=O) groups excluding carboxylic acids is 1. The van der Waals surface area contributed by atoms with E-state index in [1.165, 1.54) is 12.3 Å². The molecule has 8 nitrogen and oxygen atoms in total. The van der Waals surface area contributed by atoms with Crippen molar-refractivity contribution in [2.24, 2.45) is 11.1 Å². The van der Waals surface area contributed by atoms with E-state index in [0.29, 0.717) is 30.6 Å². The quantitative estimate of drug-likeness (QED) is 0.611. The second kappa shape index (κ2) is 9.82. The average Bonchev–Trinajstić information content (AvgIpc) is 2.73. The lowest BCUT2D eigenvalue weighted by molar-refractivity contribution is -0.118. The highest BCUT2D eigenvalue weighted by molar-refractivity contribution is 7.90. The van der Waals surface area contributed by atoms with Gasteiger partial charge in [-0.1, -0.05) is 22.8 Å². The molecule has 0 radical (unpaired) electrons. The SMILES string of the molecule is Cc1cnc(NC(=O)C(CC2CCC(N=O)CC2)c2ccc(S(C)(=O)=O)c(Cl)c2)cn1. The molecule has 1 aromatic heterocycles. The Morgan fingerprint density at radius 2 is 1.94 bits per heavy atom. The van der Waals surface area contributed by atoms with Gasteiger partial charge in [0.25, 0.3) is 0 Å². The first-order valence-corrected chi connectivity index (χ1v) is 12.4. The van der Waals surface area contributed by atoms with Crippen LogP contribution in [0.3, 0.4) is 0 Å². The molecule has 3 rings (SSSR count). The molecule has 1 amide bonds. The highest BCUT2D eigenvalue weighted by Crippen LogP contribution is 2.36. The summed E-state index contributed by atoms with van der Waals surface area (Å²) in [6.45, 7) is 1.80. The number of hydrogen-bond donors (Lipinski definition) is 1. The van der Waals surface area contributed by atoms with E-state index in [2.05, 4.69) is 20.5 Å². The van der Waals surface area contributed by atoms with Crippen LogP contribution in [0.2, 0.25) is 5.02 Å². The van der Waals surface area contributed by atoms with Gasteiger partial charge in [-0.05, 0) is 62.6 Å². The van der Waals surface area contributed by atoms with Gasteiger partial charge in [-0.3, -0.25) is 9.78 Å². The first-order chi connectivity index (χ1) is 14.7. The summed E-state index contributed by atoms with van der Waals surface area (Å²) < 4.78 is 23.8. The maximum absolute atomic E-state index is 13.2. The number of rotatable bonds is 7. The minimum absolute atomic E-state index is 0.0269. The van der Waals surface area contributed by atoms with Crippen molar-refractivity contribution < 1.29 is 13.2 Å². The van der Waals surface area contributed by atoms with Gasteiger partial charge in [0, 0.05) is 6.26 Å². The number of aryl methyl sites for hydroxylation is 1. The Bertz CT molecular complexity index is 1050. The first kappa shape index (κ1) is 23.3. The molecule has 1 aliphatic carbocycles. The Hall–Kier alpha value is -2.39. The molecule has 0 saturated heterocycles. The highest BCUT2D eigenvalue weighted by Gasteiger charge is 2.29. The zero-order valence-corrected chi connectivity index (χ0v) is 19.0.